The number of nitriles is 1. The predicted octanol–water partition coefficient (Wildman–Crippen LogP) is 2.17. The molecule has 1 saturated heterocycles. The van der Waals surface area contributed by atoms with Gasteiger partial charge in [0.2, 0.25) is 0 Å². The maximum absolute atomic E-state index is 12.2. The third-order valence-corrected chi connectivity index (χ3v) is 4.76. The summed E-state index contributed by atoms with van der Waals surface area (Å²) in [5.74, 6) is 0. The number of amides is 1. The van der Waals surface area contributed by atoms with Crippen molar-refractivity contribution in [3.63, 3.8) is 0 Å². The van der Waals surface area contributed by atoms with Gasteiger partial charge in [0.1, 0.15) is 6.10 Å². The van der Waals surface area contributed by atoms with Crippen LogP contribution in [0.1, 0.15) is 24.1 Å². The third-order valence-electron chi connectivity index (χ3n) is 4.76. The van der Waals surface area contributed by atoms with Gasteiger partial charge in [-0.25, -0.2) is 9.48 Å². The monoisotopic (exact) mass is 323 g/mol. The first kappa shape index (κ1) is 14.7. The van der Waals surface area contributed by atoms with E-state index in [9.17, 15) is 10.1 Å². The highest BCUT2D eigenvalue weighted by molar-refractivity contribution is 5.89. The molecule has 2 aliphatic rings. The molecule has 0 spiro atoms. The highest BCUT2D eigenvalue weighted by atomic mass is 16.6. The van der Waals surface area contributed by atoms with Crippen LogP contribution in [0.25, 0.3) is 0 Å². The summed E-state index contributed by atoms with van der Waals surface area (Å²) in [4.78, 5) is 13.8. The van der Waals surface area contributed by atoms with Crippen molar-refractivity contribution in [2.75, 3.05) is 11.4 Å². The maximum Gasteiger partial charge on any atom is 0.414 e. The van der Waals surface area contributed by atoms with Crippen LogP contribution in [0.2, 0.25) is 0 Å². The lowest BCUT2D eigenvalue weighted by Gasteiger charge is -2.14. The normalized spacial score (nSPS) is 21.4. The number of nitrogens with zero attached hydrogens (tertiary/aromatic N) is 5. The average molecular weight is 323 g/mol. The first-order chi connectivity index (χ1) is 11.6. The number of aryl methyl sites for hydroxylation is 1. The molecule has 2 heterocycles. The van der Waals surface area contributed by atoms with Crippen LogP contribution in [-0.4, -0.2) is 33.7 Å². The second kappa shape index (κ2) is 5.34. The number of cyclic esters (lactones) is 1. The molecule has 2 aromatic rings. The molecule has 2 fully saturated rings. The topological polar surface area (TPSA) is 84.0 Å². The van der Waals surface area contributed by atoms with Gasteiger partial charge in [0.05, 0.1) is 36.5 Å². The number of ether oxygens (including phenoxy) is 1. The Morgan fingerprint density at radius 1 is 1.38 bits per heavy atom. The first-order valence-electron chi connectivity index (χ1n) is 7.96. The molecule has 1 aromatic heterocycles. The Hall–Kier alpha value is -2.88. The summed E-state index contributed by atoms with van der Waals surface area (Å²) in [6.07, 6.45) is 2.89. The fraction of sp³-hybridized carbons (Fsp3) is 0.412. The molecule has 1 unspecified atom stereocenters. The van der Waals surface area contributed by atoms with Crippen molar-refractivity contribution in [2.45, 2.75) is 37.8 Å². The highest BCUT2D eigenvalue weighted by Crippen LogP contribution is 2.47. The molecule has 1 atom stereocenters. The lowest BCUT2D eigenvalue weighted by atomic mass is 9.97. The first-order valence-corrected chi connectivity index (χ1v) is 7.96. The smallest absolute Gasteiger partial charge is 0.414 e. The molecule has 4 rings (SSSR count). The molecule has 1 aliphatic carbocycles. The van der Waals surface area contributed by atoms with Crippen molar-refractivity contribution in [3.8, 4) is 6.07 Å². The lowest BCUT2D eigenvalue weighted by molar-refractivity contribution is 0.128. The van der Waals surface area contributed by atoms with Crippen molar-refractivity contribution in [1.82, 2.24) is 15.0 Å². The van der Waals surface area contributed by atoms with Gasteiger partial charge in [-0.15, -0.1) is 5.10 Å². The Bertz CT molecular complexity index is 816. The molecule has 0 N–H and O–H groups in total. The van der Waals surface area contributed by atoms with Crippen LogP contribution in [0.4, 0.5) is 10.5 Å². The Kier molecular flexibility index (Phi) is 3.27. The zero-order valence-corrected chi connectivity index (χ0v) is 13.3. The molecular formula is C17H17N5O2. The van der Waals surface area contributed by atoms with E-state index >= 15 is 0 Å². The number of hydrogen-bond donors (Lipinski definition) is 0. The van der Waals surface area contributed by atoms with Crippen LogP contribution >= 0.6 is 0 Å². The van der Waals surface area contributed by atoms with E-state index in [1.807, 2.05) is 31.2 Å². The number of aromatic nitrogens is 3. The minimum absolute atomic E-state index is 0.258. The van der Waals surface area contributed by atoms with E-state index in [1.54, 1.807) is 15.8 Å². The third kappa shape index (κ3) is 2.40. The average Bonchev–Trinajstić information content (AvgIpc) is 3.18. The Morgan fingerprint density at radius 2 is 2.12 bits per heavy atom. The van der Waals surface area contributed by atoms with Crippen molar-refractivity contribution in [2.24, 2.45) is 0 Å². The van der Waals surface area contributed by atoms with Crippen molar-refractivity contribution in [3.05, 3.63) is 41.7 Å². The molecule has 24 heavy (non-hydrogen) atoms. The Labute approximate surface area is 139 Å². The van der Waals surface area contributed by atoms with E-state index in [2.05, 4.69) is 16.4 Å². The van der Waals surface area contributed by atoms with Gasteiger partial charge in [-0.3, -0.25) is 4.90 Å². The Morgan fingerprint density at radius 3 is 2.71 bits per heavy atom. The highest BCUT2D eigenvalue weighted by Gasteiger charge is 2.45. The summed E-state index contributed by atoms with van der Waals surface area (Å²) in [5.41, 5.74) is 2.43. The maximum atomic E-state index is 12.2. The molecule has 0 bridgehead atoms. The standard InChI is InChI=1S/C17H17N5O2/c1-12-8-19-20-22(12)10-15-9-21(16(23)24-15)14-4-2-13(3-5-14)17(11-18)6-7-17/h2-5,8,15H,6-7,9-10H2,1H3. The second-order valence-electron chi connectivity index (χ2n) is 6.41. The number of carbonyl (C=O) groups excluding carboxylic acids is 1. The summed E-state index contributed by atoms with van der Waals surface area (Å²) in [6.45, 7) is 2.88. The number of rotatable bonds is 4. The quantitative estimate of drug-likeness (QED) is 0.861. The van der Waals surface area contributed by atoms with Crippen molar-refractivity contribution >= 4 is 11.8 Å². The van der Waals surface area contributed by atoms with Gasteiger partial charge in [0.25, 0.3) is 0 Å². The molecule has 7 nitrogen and oxygen atoms in total. The van der Waals surface area contributed by atoms with E-state index in [0.717, 1.165) is 29.8 Å². The summed E-state index contributed by atoms with van der Waals surface area (Å²) in [7, 11) is 0. The zero-order valence-electron chi connectivity index (χ0n) is 13.3. The number of benzene rings is 1. The van der Waals surface area contributed by atoms with Crippen LogP contribution in [0.3, 0.4) is 0 Å². The number of carbonyl (C=O) groups is 1. The fourth-order valence-corrected chi connectivity index (χ4v) is 3.06. The molecule has 1 aromatic carbocycles. The second-order valence-corrected chi connectivity index (χ2v) is 6.41. The van der Waals surface area contributed by atoms with E-state index in [-0.39, 0.29) is 17.6 Å². The molecule has 1 saturated carbocycles. The van der Waals surface area contributed by atoms with Gasteiger partial charge in [0, 0.05) is 5.69 Å². The van der Waals surface area contributed by atoms with Crippen molar-refractivity contribution in [1.29, 1.82) is 5.26 Å². The van der Waals surface area contributed by atoms with Crippen molar-refractivity contribution < 1.29 is 9.53 Å². The van der Waals surface area contributed by atoms with Crippen LogP contribution < -0.4 is 4.90 Å². The number of anilines is 1. The van der Waals surface area contributed by atoms with Crippen LogP contribution in [-0.2, 0) is 16.7 Å². The summed E-state index contributed by atoms with van der Waals surface area (Å²) < 4.78 is 7.16. The van der Waals surface area contributed by atoms with E-state index in [1.165, 1.54) is 0 Å². The molecular weight excluding hydrogens is 306 g/mol. The summed E-state index contributed by atoms with van der Waals surface area (Å²) in [5, 5.41) is 17.1. The fourth-order valence-electron chi connectivity index (χ4n) is 3.06. The van der Waals surface area contributed by atoms with E-state index in [0.29, 0.717) is 13.1 Å². The molecule has 0 radical (unpaired) electrons. The van der Waals surface area contributed by atoms with Crippen LogP contribution in [0.5, 0.6) is 0 Å². The van der Waals surface area contributed by atoms with Crippen LogP contribution in [0, 0.1) is 18.3 Å². The van der Waals surface area contributed by atoms with Gasteiger partial charge in [-0.1, -0.05) is 17.3 Å². The molecule has 1 amide bonds. The van der Waals surface area contributed by atoms with Gasteiger partial charge in [-0.2, -0.15) is 5.26 Å². The summed E-state index contributed by atoms with van der Waals surface area (Å²) in [6, 6.07) is 10.0. The van der Waals surface area contributed by atoms with E-state index < -0.39 is 0 Å². The summed E-state index contributed by atoms with van der Waals surface area (Å²) >= 11 is 0. The Balaban J connectivity index is 1.48. The van der Waals surface area contributed by atoms with Gasteiger partial charge in [0.15, 0.2) is 0 Å². The van der Waals surface area contributed by atoms with Gasteiger partial charge in [-0.05, 0) is 37.5 Å². The SMILES string of the molecule is Cc1cnnn1CC1CN(c2ccc(C3(C#N)CC3)cc2)C(=O)O1. The molecule has 1 aliphatic heterocycles. The number of hydrogen-bond acceptors (Lipinski definition) is 5. The van der Waals surface area contributed by atoms with Crippen LogP contribution in [0.15, 0.2) is 30.5 Å². The largest absolute Gasteiger partial charge is 0.442 e. The van der Waals surface area contributed by atoms with E-state index in [4.69, 9.17) is 4.74 Å². The zero-order chi connectivity index (χ0) is 16.7. The van der Waals surface area contributed by atoms with Gasteiger partial charge < -0.3 is 4.74 Å². The lowest BCUT2D eigenvalue weighted by Crippen LogP contribution is -2.26. The minimum atomic E-state index is -0.355. The minimum Gasteiger partial charge on any atom is -0.442 e. The predicted molar refractivity (Wildman–Crippen MR) is 85.3 cm³/mol. The van der Waals surface area contributed by atoms with Gasteiger partial charge >= 0.3 is 6.09 Å². The molecule has 7 heteroatoms. The molecule has 122 valence electrons.